The summed E-state index contributed by atoms with van der Waals surface area (Å²) in [6.07, 6.45) is 0.942. The molecule has 3 aromatic rings. The number of carbonyl (C=O) groups is 1. The Bertz CT molecular complexity index is 955. The van der Waals surface area contributed by atoms with Gasteiger partial charge in [0.1, 0.15) is 12.2 Å². The van der Waals surface area contributed by atoms with E-state index in [1.165, 1.54) is 6.07 Å². The largest absolute Gasteiger partial charge is 0.461 e. The minimum absolute atomic E-state index is 0.0677. The Morgan fingerprint density at radius 1 is 1.04 bits per heavy atom. The molecule has 0 aliphatic carbocycles. The van der Waals surface area contributed by atoms with Crippen molar-refractivity contribution < 1.29 is 13.9 Å². The molecule has 25 heavy (non-hydrogen) atoms. The molecule has 3 rings (SSSR count). The third-order valence-corrected chi connectivity index (χ3v) is 4.29. The zero-order chi connectivity index (χ0) is 17.8. The van der Waals surface area contributed by atoms with Crippen molar-refractivity contribution in [3.63, 3.8) is 0 Å². The van der Waals surface area contributed by atoms with Gasteiger partial charge in [0.2, 0.25) is 0 Å². The Kier molecular flexibility index (Phi) is 4.98. The summed E-state index contributed by atoms with van der Waals surface area (Å²) in [6, 6.07) is 15.0. The molecule has 128 valence electrons. The van der Waals surface area contributed by atoms with E-state index in [4.69, 9.17) is 9.15 Å². The highest BCUT2D eigenvalue weighted by atomic mass is 16.5. The van der Waals surface area contributed by atoms with Gasteiger partial charge in [-0.3, -0.25) is 4.79 Å². The first-order chi connectivity index (χ1) is 12.0. The molecule has 0 aliphatic rings. The van der Waals surface area contributed by atoms with Crippen LogP contribution in [0.5, 0.6) is 0 Å². The molecule has 0 spiro atoms. The van der Waals surface area contributed by atoms with Crippen LogP contribution >= 0.6 is 0 Å². The molecule has 2 aromatic carbocycles. The maximum atomic E-state index is 12.0. The van der Waals surface area contributed by atoms with Gasteiger partial charge in [-0.05, 0) is 49.1 Å². The first-order valence-electron chi connectivity index (χ1n) is 8.26. The molecule has 0 amide bonds. The zero-order valence-electron chi connectivity index (χ0n) is 14.4. The van der Waals surface area contributed by atoms with Crippen LogP contribution in [0.25, 0.3) is 11.0 Å². The normalized spacial score (nSPS) is 10.8. The van der Waals surface area contributed by atoms with Gasteiger partial charge in [0.25, 0.3) is 0 Å². The molecular formula is C21H20O4. The van der Waals surface area contributed by atoms with Gasteiger partial charge in [-0.2, -0.15) is 0 Å². The van der Waals surface area contributed by atoms with Crippen molar-refractivity contribution in [2.24, 2.45) is 0 Å². The van der Waals surface area contributed by atoms with E-state index in [1.54, 1.807) is 0 Å². The highest BCUT2D eigenvalue weighted by molar-refractivity contribution is 5.82. The maximum absolute atomic E-state index is 12.0. The molecule has 0 saturated heterocycles. The summed E-state index contributed by atoms with van der Waals surface area (Å²) < 4.78 is 10.6. The van der Waals surface area contributed by atoms with E-state index in [-0.39, 0.29) is 12.6 Å². The lowest BCUT2D eigenvalue weighted by Crippen LogP contribution is -2.08. The molecule has 4 nitrogen and oxygen atoms in total. The number of aryl methyl sites for hydroxylation is 3. The van der Waals surface area contributed by atoms with Gasteiger partial charge in [0.05, 0.1) is 0 Å². The Morgan fingerprint density at radius 2 is 1.76 bits per heavy atom. The third kappa shape index (κ3) is 4.15. The minimum atomic E-state index is -0.439. The maximum Gasteiger partial charge on any atom is 0.336 e. The molecule has 4 heteroatoms. The van der Waals surface area contributed by atoms with Crippen LogP contribution in [-0.2, 0) is 22.6 Å². The summed E-state index contributed by atoms with van der Waals surface area (Å²) >= 11 is 0. The van der Waals surface area contributed by atoms with E-state index in [0.29, 0.717) is 24.0 Å². The predicted molar refractivity (Wildman–Crippen MR) is 96.5 cm³/mol. The highest BCUT2D eigenvalue weighted by Gasteiger charge is 2.10. The monoisotopic (exact) mass is 336 g/mol. The smallest absolute Gasteiger partial charge is 0.336 e. The quantitative estimate of drug-likeness (QED) is 0.520. The molecule has 0 N–H and O–H groups in total. The van der Waals surface area contributed by atoms with E-state index < -0.39 is 5.63 Å². The van der Waals surface area contributed by atoms with Crippen LogP contribution < -0.4 is 5.63 Å². The Balaban J connectivity index is 1.71. The van der Waals surface area contributed by atoms with Gasteiger partial charge < -0.3 is 9.15 Å². The van der Waals surface area contributed by atoms with Gasteiger partial charge in [0.15, 0.2) is 0 Å². The summed E-state index contributed by atoms with van der Waals surface area (Å²) in [6.45, 7) is 4.03. The van der Waals surface area contributed by atoms with Gasteiger partial charge in [-0.1, -0.05) is 30.3 Å². The second kappa shape index (κ2) is 7.34. The van der Waals surface area contributed by atoms with E-state index in [9.17, 15) is 9.59 Å². The van der Waals surface area contributed by atoms with Crippen LogP contribution in [0.4, 0.5) is 0 Å². The summed E-state index contributed by atoms with van der Waals surface area (Å²) in [7, 11) is 0. The molecule has 0 aliphatic heterocycles. The molecule has 1 aromatic heterocycles. The van der Waals surface area contributed by atoms with Crippen molar-refractivity contribution >= 4 is 16.9 Å². The first-order valence-corrected chi connectivity index (χ1v) is 8.26. The molecular weight excluding hydrogens is 316 g/mol. The number of ether oxygens (including phenoxy) is 1. The van der Waals surface area contributed by atoms with Crippen LogP contribution in [0.1, 0.15) is 28.7 Å². The average molecular weight is 336 g/mol. The van der Waals surface area contributed by atoms with Crippen molar-refractivity contribution in [2.75, 3.05) is 0 Å². The zero-order valence-corrected chi connectivity index (χ0v) is 14.4. The summed E-state index contributed by atoms with van der Waals surface area (Å²) in [5.41, 5.74) is 3.99. The summed E-state index contributed by atoms with van der Waals surface area (Å²) in [5, 5.41) is 0.804. The average Bonchev–Trinajstić information content (AvgIpc) is 2.60. The van der Waals surface area contributed by atoms with Crippen molar-refractivity contribution in [1.29, 1.82) is 0 Å². The van der Waals surface area contributed by atoms with E-state index in [2.05, 4.69) is 0 Å². The van der Waals surface area contributed by atoms with Gasteiger partial charge in [-0.15, -0.1) is 0 Å². The van der Waals surface area contributed by atoms with Crippen molar-refractivity contribution in [2.45, 2.75) is 33.3 Å². The van der Waals surface area contributed by atoms with Crippen molar-refractivity contribution in [1.82, 2.24) is 0 Å². The number of esters is 1. The van der Waals surface area contributed by atoms with Gasteiger partial charge in [0, 0.05) is 23.4 Å². The number of hydrogen-bond donors (Lipinski definition) is 0. The first kappa shape index (κ1) is 17.0. The highest BCUT2D eigenvalue weighted by Crippen LogP contribution is 2.22. The predicted octanol–water partition coefficient (Wildman–Crippen LogP) is 4.09. The molecule has 0 atom stereocenters. The topological polar surface area (TPSA) is 56.5 Å². The van der Waals surface area contributed by atoms with E-state index >= 15 is 0 Å². The third-order valence-electron chi connectivity index (χ3n) is 4.29. The summed E-state index contributed by atoms with van der Waals surface area (Å²) in [5.74, 6) is -0.283. The van der Waals surface area contributed by atoms with Crippen LogP contribution in [0.2, 0.25) is 0 Å². The molecule has 0 saturated carbocycles. The number of rotatable bonds is 5. The standard InChI is InChI=1S/C21H20O4/c1-14-10-18-17(12-21(23)25-19(18)11-15(14)2)13-24-20(22)9-8-16-6-4-3-5-7-16/h3-7,10-12H,8-9,13H2,1-2H3. The van der Waals surface area contributed by atoms with Gasteiger partial charge >= 0.3 is 11.6 Å². The fourth-order valence-corrected chi connectivity index (χ4v) is 2.72. The molecule has 0 bridgehead atoms. The second-order valence-corrected chi connectivity index (χ2v) is 6.17. The Morgan fingerprint density at radius 3 is 2.52 bits per heavy atom. The van der Waals surface area contributed by atoms with Crippen LogP contribution in [-0.4, -0.2) is 5.97 Å². The number of hydrogen-bond acceptors (Lipinski definition) is 4. The Labute approximate surface area is 146 Å². The molecule has 1 heterocycles. The lowest BCUT2D eigenvalue weighted by atomic mass is 10.0. The van der Waals surface area contributed by atoms with E-state index in [1.807, 2.05) is 56.3 Å². The Hall–Kier alpha value is -2.88. The van der Waals surface area contributed by atoms with Crippen LogP contribution in [0.3, 0.4) is 0 Å². The van der Waals surface area contributed by atoms with Gasteiger partial charge in [-0.25, -0.2) is 4.79 Å². The SMILES string of the molecule is Cc1cc2oc(=O)cc(COC(=O)CCc3ccccc3)c2cc1C. The lowest BCUT2D eigenvalue weighted by Gasteiger charge is -2.09. The minimum Gasteiger partial charge on any atom is -0.461 e. The van der Waals surface area contributed by atoms with Crippen molar-refractivity contribution in [3.05, 3.63) is 81.2 Å². The second-order valence-electron chi connectivity index (χ2n) is 6.17. The summed E-state index contributed by atoms with van der Waals surface area (Å²) in [4.78, 5) is 23.8. The molecule has 0 radical (unpaired) electrons. The molecule has 0 fully saturated rings. The van der Waals surface area contributed by atoms with Crippen molar-refractivity contribution in [3.8, 4) is 0 Å². The number of fused-ring (bicyclic) bond motifs is 1. The molecule has 0 unspecified atom stereocenters. The lowest BCUT2D eigenvalue weighted by molar-refractivity contribution is -0.144. The number of carbonyl (C=O) groups excluding carboxylic acids is 1. The van der Waals surface area contributed by atoms with Crippen LogP contribution in [0.15, 0.2) is 57.7 Å². The van der Waals surface area contributed by atoms with E-state index in [0.717, 1.165) is 22.1 Å². The number of benzene rings is 2. The fraction of sp³-hybridized carbons (Fsp3) is 0.238. The van der Waals surface area contributed by atoms with Crippen LogP contribution in [0, 0.1) is 13.8 Å². The fourth-order valence-electron chi connectivity index (χ4n) is 2.72.